The van der Waals surface area contributed by atoms with Crippen LogP contribution in [0.1, 0.15) is 40.0 Å². The summed E-state index contributed by atoms with van der Waals surface area (Å²) >= 11 is 0. The van der Waals surface area contributed by atoms with Crippen LogP contribution >= 0.6 is 0 Å². The van der Waals surface area contributed by atoms with Gasteiger partial charge in [-0.15, -0.1) is 0 Å². The molecule has 0 spiro atoms. The highest BCUT2D eigenvalue weighted by molar-refractivity contribution is 7.92. The zero-order chi connectivity index (χ0) is 14.0. The molecule has 0 saturated carbocycles. The molecule has 0 aliphatic carbocycles. The molecule has 1 heterocycles. The van der Waals surface area contributed by atoms with Crippen LogP contribution in [0.3, 0.4) is 0 Å². The molecule has 3 N–H and O–H groups in total. The Bertz CT molecular complexity index is 398. The lowest BCUT2D eigenvalue weighted by atomic mass is 9.85. The van der Waals surface area contributed by atoms with Gasteiger partial charge in [0.05, 0.1) is 11.0 Å². The van der Waals surface area contributed by atoms with E-state index in [1.807, 2.05) is 20.8 Å². The maximum atomic E-state index is 11.7. The number of rotatable bonds is 4. The van der Waals surface area contributed by atoms with Gasteiger partial charge in [0.1, 0.15) is 0 Å². The first-order valence-electron chi connectivity index (χ1n) is 6.37. The maximum absolute atomic E-state index is 11.7. The number of hydrogen-bond acceptors (Lipinski definition) is 4. The Morgan fingerprint density at radius 1 is 1.44 bits per heavy atom. The fourth-order valence-corrected chi connectivity index (χ4v) is 3.66. The molecule has 2 atom stereocenters. The van der Waals surface area contributed by atoms with Gasteiger partial charge in [-0.2, -0.15) is 0 Å². The van der Waals surface area contributed by atoms with Gasteiger partial charge in [0.25, 0.3) is 0 Å². The molecule has 0 aromatic heterocycles. The average molecular weight is 276 g/mol. The van der Waals surface area contributed by atoms with E-state index in [1.54, 1.807) is 0 Å². The summed E-state index contributed by atoms with van der Waals surface area (Å²) in [4.78, 5) is 11.7. The summed E-state index contributed by atoms with van der Waals surface area (Å²) in [5, 5.41) is 2.28. The van der Waals surface area contributed by atoms with E-state index in [9.17, 15) is 13.2 Å². The zero-order valence-electron chi connectivity index (χ0n) is 11.4. The number of hydrogen-bond donors (Lipinski definition) is 2. The van der Waals surface area contributed by atoms with Crippen LogP contribution in [0, 0.1) is 5.41 Å². The SMILES string of the molecule is CC(C)(C)C(N)CC(=O)NCC1CCCS1(=O)=O. The second-order valence-corrected chi connectivity index (χ2v) is 8.51. The summed E-state index contributed by atoms with van der Waals surface area (Å²) in [6, 6.07) is -0.224. The molecular formula is C12H24N2O3S. The van der Waals surface area contributed by atoms with E-state index >= 15 is 0 Å². The molecule has 5 nitrogen and oxygen atoms in total. The van der Waals surface area contributed by atoms with Gasteiger partial charge in [-0.05, 0) is 18.3 Å². The Hall–Kier alpha value is -0.620. The van der Waals surface area contributed by atoms with Crippen molar-refractivity contribution in [1.82, 2.24) is 5.32 Å². The summed E-state index contributed by atoms with van der Waals surface area (Å²) in [7, 11) is -2.99. The molecule has 18 heavy (non-hydrogen) atoms. The fourth-order valence-electron chi connectivity index (χ4n) is 1.89. The van der Waals surface area contributed by atoms with Gasteiger partial charge in [-0.3, -0.25) is 4.79 Å². The van der Waals surface area contributed by atoms with Crippen molar-refractivity contribution < 1.29 is 13.2 Å². The third-order valence-electron chi connectivity index (χ3n) is 3.51. The van der Waals surface area contributed by atoms with E-state index in [-0.39, 0.29) is 36.1 Å². The van der Waals surface area contributed by atoms with Crippen molar-refractivity contribution in [1.29, 1.82) is 0 Å². The molecule has 1 aliphatic rings. The van der Waals surface area contributed by atoms with E-state index in [0.29, 0.717) is 12.8 Å². The predicted octanol–water partition coefficient (Wildman–Crippen LogP) is 0.443. The molecule has 1 fully saturated rings. The van der Waals surface area contributed by atoms with Gasteiger partial charge in [0.15, 0.2) is 9.84 Å². The molecule has 2 unspecified atom stereocenters. The van der Waals surface area contributed by atoms with Crippen LogP contribution in [0.15, 0.2) is 0 Å². The minimum atomic E-state index is -2.99. The molecule has 0 radical (unpaired) electrons. The summed E-state index contributed by atoms with van der Waals surface area (Å²) in [6.45, 7) is 6.16. The number of sulfone groups is 1. The monoisotopic (exact) mass is 276 g/mol. The normalized spacial score (nSPS) is 24.8. The summed E-state index contributed by atoms with van der Waals surface area (Å²) in [5.74, 6) is 0.0780. The van der Waals surface area contributed by atoms with Crippen LogP contribution in [0.2, 0.25) is 0 Å². The first-order valence-corrected chi connectivity index (χ1v) is 8.08. The molecule has 1 saturated heterocycles. The van der Waals surface area contributed by atoms with E-state index in [4.69, 9.17) is 5.73 Å². The van der Waals surface area contributed by atoms with Crippen molar-refractivity contribution in [2.45, 2.75) is 51.3 Å². The molecular weight excluding hydrogens is 252 g/mol. The molecule has 1 rings (SSSR count). The number of nitrogens with one attached hydrogen (secondary N) is 1. The fraction of sp³-hybridized carbons (Fsp3) is 0.917. The van der Waals surface area contributed by atoms with Gasteiger partial charge in [0, 0.05) is 19.0 Å². The molecule has 0 aromatic carbocycles. The van der Waals surface area contributed by atoms with Gasteiger partial charge in [-0.25, -0.2) is 8.42 Å². The summed E-state index contributed by atoms with van der Waals surface area (Å²) in [5.41, 5.74) is 5.78. The second kappa shape index (κ2) is 5.57. The molecule has 106 valence electrons. The minimum absolute atomic E-state index is 0.128. The van der Waals surface area contributed by atoms with Gasteiger partial charge >= 0.3 is 0 Å². The number of carbonyl (C=O) groups is 1. The smallest absolute Gasteiger partial charge is 0.221 e. The van der Waals surface area contributed by atoms with E-state index in [2.05, 4.69) is 5.32 Å². The second-order valence-electron chi connectivity index (χ2n) is 6.11. The third-order valence-corrected chi connectivity index (χ3v) is 5.78. The van der Waals surface area contributed by atoms with Crippen LogP contribution in [0.4, 0.5) is 0 Å². The van der Waals surface area contributed by atoms with Gasteiger partial charge in [0.2, 0.25) is 5.91 Å². The van der Waals surface area contributed by atoms with Crippen molar-refractivity contribution in [3.63, 3.8) is 0 Å². The first kappa shape index (κ1) is 15.4. The third kappa shape index (κ3) is 4.24. The zero-order valence-corrected chi connectivity index (χ0v) is 12.2. The molecule has 1 aliphatic heterocycles. The Morgan fingerprint density at radius 3 is 2.50 bits per heavy atom. The lowest BCUT2D eigenvalue weighted by Crippen LogP contribution is -2.42. The van der Waals surface area contributed by atoms with E-state index in [0.717, 1.165) is 0 Å². The predicted molar refractivity (Wildman–Crippen MR) is 71.9 cm³/mol. The van der Waals surface area contributed by atoms with Crippen molar-refractivity contribution >= 4 is 15.7 Å². The Balaban J connectivity index is 2.38. The molecule has 0 bridgehead atoms. The van der Waals surface area contributed by atoms with Crippen molar-refractivity contribution in [2.75, 3.05) is 12.3 Å². The minimum Gasteiger partial charge on any atom is -0.355 e. The van der Waals surface area contributed by atoms with Gasteiger partial charge in [-0.1, -0.05) is 20.8 Å². The topological polar surface area (TPSA) is 89.3 Å². The molecule has 1 amide bonds. The largest absolute Gasteiger partial charge is 0.355 e. The highest BCUT2D eigenvalue weighted by Crippen LogP contribution is 2.20. The molecule has 0 aromatic rings. The lowest BCUT2D eigenvalue weighted by molar-refractivity contribution is -0.121. The average Bonchev–Trinajstić information content (AvgIpc) is 2.53. The van der Waals surface area contributed by atoms with Crippen LogP contribution in [-0.4, -0.2) is 37.9 Å². The van der Waals surface area contributed by atoms with E-state index < -0.39 is 15.1 Å². The van der Waals surface area contributed by atoms with Gasteiger partial charge < -0.3 is 11.1 Å². The van der Waals surface area contributed by atoms with E-state index in [1.165, 1.54) is 0 Å². The maximum Gasteiger partial charge on any atom is 0.221 e. The Kier molecular flexibility index (Phi) is 4.78. The molecule has 6 heteroatoms. The van der Waals surface area contributed by atoms with Crippen molar-refractivity contribution in [3.05, 3.63) is 0 Å². The standard InChI is InChI=1S/C12H24N2O3S/c1-12(2,3)10(13)7-11(15)14-8-9-5-4-6-18(9,16)17/h9-10H,4-8,13H2,1-3H3,(H,14,15). The summed E-state index contributed by atoms with van der Waals surface area (Å²) in [6.07, 6.45) is 1.58. The quantitative estimate of drug-likeness (QED) is 0.780. The van der Waals surface area contributed by atoms with Crippen LogP contribution in [0.5, 0.6) is 0 Å². The Labute approximate surface area is 109 Å². The van der Waals surface area contributed by atoms with Crippen molar-refractivity contribution in [2.24, 2.45) is 11.1 Å². The van der Waals surface area contributed by atoms with Crippen LogP contribution in [-0.2, 0) is 14.6 Å². The number of nitrogens with two attached hydrogens (primary N) is 1. The van der Waals surface area contributed by atoms with Crippen LogP contribution < -0.4 is 11.1 Å². The van der Waals surface area contributed by atoms with Crippen molar-refractivity contribution in [3.8, 4) is 0 Å². The summed E-state index contributed by atoms with van der Waals surface area (Å²) < 4.78 is 23.2. The Morgan fingerprint density at radius 2 is 2.06 bits per heavy atom. The number of carbonyl (C=O) groups excluding carboxylic acids is 1. The number of amides is 1. The highest BCUT2D eigenvalue weighted by Gasteiger charge is 2.31. The first-order chi connectivity index (χ1) is 8.13. The van der Waals surface area contributed by atoms with Crippen LogP contribution in [0.25, 0.3) is 0 Å². The highest BCUT2D eigenvalue weighted by atomic mass is 32.2. The lowest BCUT2D eigenvalue weighted by Gasteiger charge is -2.26.